The lowest BCUT2D eigenvalue weighted by Crippen LogP contribution is -2.42. The molecule has 2 fully saturated rings. The molecule has 37 heavy (non-hydrogen) atoms. The summed E-state index contributed by atoms with van der Waals surface area (Å²) in [4.78, 5) is 6.41. The fourth-order valence-corrected chi connectivity index (χ4v) is 5.36. The summed E-state index contributed by atoms with van der Waals surface area (Å²) < 4.78 is 19.4. The first-order valence-corrected chi connectivity index (χ1v) is 13.2. The molecule has 0 unspecified atom stereocenters. The van der Waals surface area contributed by atoms with Gasteiger partial charge in [-0.3, -0.25) is 4.84 Å². The van der Waals surface area contributed by atoms with E-state index < -0.39 is 6.10 Å². The Kier molecular flexibility index (Phi) is 9.00. The molecule has 0 saturated carbocycles. The average Bonchev–Trinajstić information content (AvgIpc) is 3.44. The number of fused-ring (bicyclic) bond motifs is 1. The fourth-order valence-electron chi connectivity index (χ4n) is 5.36. The van der Waals surface area contributed by atoms with Crippen molar-refractivity contribution < 1.29 is 24.2 Å². The summed E-state index contributed by atoms with van der Waals surface area (Å²) in [5.41, 5.74) is 3.37. The van der Waals surface area contributed by atoms with Crippen LogP contribution in [0.25, 0.3) is 0 Å². The highest BCUT2D eigenvalue weighted by Crippen LogP contribution is 2.40. The lowest BCUT2D eigenvalue weighted by molar-refractivity contribution is -0.200. The Bertz CT molecular complexity index is 1060. The van der Waals surface area contributed by atoms with E-state index in [4.69, 9.17) is 19.0 Å². The van der Waals surface area contributed by atoms with E-state index in [-0.39, 0.29) is 30.4 Å². The summed E-state index contributed by atoms with van der Waals surface area (Å²) in [5, 5.41) is 12.1. The lowest BCUT2D eigenvalue weighted by Gasteiger charge is -2.29. The lowest BCUT2D eigenvalue weighted by atomic mass is 10.00. The molecule has 2 saturated heterocycles. The predicted octanol–water partition coefficient (Wildman–Crippen LogP) is 4.90. The van der Waals surface area contributed by atoms with Crippen molar-refractivity contribution in [3.05, 3.63) is 108 Å². The number of hydrogen-bond acceptors (Lipinski definition) is 6. The van der Waals surface area contributed by atoms with Gasteiger partial charge in [0.15, 0.2) is 0 Å². The van der Waals surface area contributed by atoms with Crippen LogP contribution in [0.4, 0.5) is 0 Å². The van der Waals surface area contributed by atoms with Crippen molar-refractivity contribution in [3.8, 4) is 0 Å². The van der Waals surface area contributed by atoms with Crippen molar-refractivity contribution in [1.82, 2.24) is 5.06 Å². The maximum Gasteiger partial charge on any atom is 0.106 e. The second kappa shape index (κ2) is 12.8. The predicted molar refractivity (Wildman–Crippen MR) is 141 cm³/mol. The standard InChI is InChI=1S/C31H37NO5/c1-23(33)17-27-18-28-30(35-20-25-13-7-3-8-14-25)31(36-21-26-15-9-4-10-16-26)29(32(28)37-27)22-34-19-24-11-5-2-6-12-24/h2-16,23,27-31,33H,17-22H2,1H3/t23-,27+,28-,29-,30-,31-/m1/s1. The molecular weight excluding hydrogens is 466 g/mol. The van der Waals surface area contributed by atoms with Gasteiger partial charge in [0.25, 0.3) is 0 Å². The van der Waals surface area contributed by atoms with Crippen molar-refractivity contribution >= 4 is 0 Å². The van der Waals surface area contributed by atoms with Crippen molar-refractivity contribution in [2.24, 2.45) is 0 Å². The molecule has 2 heterocycles. The van der Waals surface area contributed by atoms with Gasteiger partial charge in [-0.1, -0.05) is 91.0 Å². The van der Waals surface area contributed by atoms with Crippen LogP contribution >= 0.6 is 0 Å². The Balaban J connectivity index is 1.34. The molecule has 3 aromatic carbocycles. The Hall–Kier alpha value is -2.58. The van der Waals surface area contributed by atoms with E-state index in [0.29, 0.717) is 32.8 Å². The molecule has 1 N–H and O–H groups in total. The molecule has 3 aromatic rings. The number of hydrogen-bond donors (Lipinski definition) is 1. The van der Waals surface area contributed by atoms with Gasteiger partial charge in [0.05, 0.1) is 50.7 Å². The maximum atomic E-state index is 10.0. The first-order valence-electron chi connectivity index (χ1n) is 13.2. The van der Waals surface area contributed by atoms with E-state index >= 15 is 0 Å². The van der Waals surface area contributed by atoms with Crippen LogP contribution < -0.4 is 0 Å². The topological polar surface area (TPSA) is 60.4 Å². The molecule has 0 amide bonds. The Labute approximate surface area is 219 Å². The van der Waals surface area contributed by atoms with Crippen LogP contribution in [-0.4, -0.2) is 53.3 Å². The van der Waals surface area contributed by atoms with Crippen molar-refractivity contribution in [3.63, 3.8) is 0 Å². The second-order valence-corrected chi connectivity index (χ2v) is 10.1. The van der Waals surface area contributed by atoms with Crippen LogP contribution in [0.1, 0.15) is 36.5 Å². The van der Waals surface area contributed by atoms with Crippen LogP contribution in [0.2, 0.25) is 0 Å². The van der Waals surface area contributed by atoms with Gasteiger partial charge in [-0.15, -0.1) is 0 Å². The summed E-state index contributed by atoms with van der Waals surface area (Å²) in [5.74, 6) is 0. The third-order valence-electron chi connectivity index (χ3n) is 7.09. The van der Waals surface area contributed by atoms with Crippen LogP contribution in [-0.2, 0) is 38.9 Å². The SMILES string of the molecule is C[C@@H](O)C[C@H]1C[C@@H]2[C@@H](OCc3ccccc3)[C@H](OCc3ccccc3)[C@@H](COCc3ccccc3)N2O1. The quantitative estimate of drug-likeness (QED) is 0.379. The molecule has 2 aliphatic heterocycles. The van der Waals surface area contributed by atoms with E-state index in [1.807, 2.05) is 66.6 Å². The van der Waals surface area contributed by atoms with Gasteiger partial charge in [-0.25, -0.2) is 0 Å². The van der Waals surface area contributed by atoms with E-state index in [1.165, 1.54) is 0 Å². The van der Waals surface area contributed by atoms with Gasteiger partial charge >= 0.3 is 0 Å². The third-order valence-corrected chi connectivity index (χ3v) is 7.09. The van der Waals surface area contributed by atoms with Gasteiger partial charge in [-0.05, 0) is 30.0 Å². The molecule has 0 spiro atoms. The van der Waals surface area contributed by atoms with E-state index in [2.05, 4.69) is 36.4 Å². The van der Waals surface area contributed by atoms with Crippen LogP contribution in [0, 0.1) is 0 Å². The highest BCUT2D eigenvalue weighted by atomic mass is 16.7. The minimum Gasteiger partial charge on any atom is -0.393 e. The number of ether oxygens (including phenoxy) is 3. The summed E-state index contributed by atoms with van der Waals surface area (Å²) in [6.45, 7) is 3.77. The fraction of sp³-hybridized carbons (Fsp3) is 0.419. The molecular formula is C31H37NO5. The number of rotatable bonds is 12. The Morgan fingerprint density at radius 3 is 1.84 bits per heavy atom. The third kappa shape index (κ3) is 6.85. The number of nitrogens with zero attached hydrogens (tertiary/aromatic N) is 1. The zero-order valence-corrected chi connectivity index (χ0v) is 21.4. The molecule has 0 radical (unpaired) electrons. The molecule has 0 bridgehead atoms. The largest absolute Gasteiger partial charge is 0.393 e. The van der Waals surface area contributed by atoms with E-state index in [1.54, 1.807) is 0 Å². The molecule has 0 aromatic heterocycles. The smallest absolute Gasteiger partial charge is 0.106 e. The average molecular weight is 504 g/mol. The van der Waals surface area contributed by atoms with Gasteiger partial charge in [0, 0.05) is 6.42 Å². The maximum absolute atomic E-state index is 10.0. The van der Waals surface area contributed by atoms with Gasteiger partial charge in [0.2, 0.25) is 0 Å². The summed E-state index contributed by atoms with van der Waals surface area (Å²) in [6, 6.07) is 30.5. The highest BCUT2D eigenvalue weighted by molar-refractivity contribution is 5.16. The molecule has 196 valence electrons. The molecule has 0 aliphatic carbocycles. The normalized spacial score (nSPS) is 26.3. The van der Waals surface area contributed by atoms with Crippen molar-refractivity contribution in [1.29, 1.82) is 0 Å². The zero-order chi connectivity index (χ0) is 25.5. The van der Waals surface area contributed by atoms with Gasteiger partial charge in [0.1, 0.15) is 12.2 Å². The second-order valence-electron chi connectivity index (χ2n) is 10.1. The Morgan fingerprint density at radius 1 is 0.784 bits per heavy atom. The molecule has 5 rings (SSSR count). The van der Waals surface area contributed by atoms with Crippen LogP contribution in [0.3, 0.4) is 0 Å². The van der Waals surface area contributed by atoms with Crippen molar-refractivity contribution in [2.75, 3.05) is 6.61 Å². The summed E-state index contributed by atoms with van der Waals surface area (Å²) in [7, 11) is 0. The van der Waals surface area contributed by atoms with E-state index in [0.717, 1.165) is 23.1 Å². The first kappa shape index (κ1) is 26.0. The van der Waals surface area contributed by atoms with Crippen LogP contribution in [0.15, 0.2) is 91.0 Å². The number of benzene rings is 3. The van der Waals surface area contributed by atoms with Crippen LogP contribution in [0.5, 0.6) is 0 Å². The monoisotopic (exact) mass is 503 g/mol. The van der Waals surface area contributed by atoms with E-state index in [9.17, 15) is 5.11 Å². The highest BCUT2D eigenvalue weighted by Gasteiger charge is 2.56. The minimum atomic E-state index is -0.424. The number of aliphatic hydroxyl groups excluding tert-OH is 1. The number of aliphatic hydroxyl groups is 1. The van der Waals surface area contributed by atoms with Crippen molar-refractivity contribution in [2.45, 2.75) is 76.1 Å². The minimum absolute atomic E-state index is 0.0264. The van der Waals surface area contributed by atoms with Gasteiger partial charge in [-0.2, -0.15) is 5.06 Å². The molecule has 6 heteroatoms. The summed E-state index contributed by atoms with van der Waals surface area (Å²) in [6.07, 6.45) is 0.479. The summed E-state index contributed by atoms with van der Waals surface area (Å²) >= 11 is 0. The number of hydroxylamine groups is 2. The molecule has 2 aliphatic rings. The Morgan fingerprint density at radius 2 is 1.30 bits per heavy atom. The van der Waals surface area contributed by atoms with Gasteiger partial charge < -0.3 is 19.3 Å². The zero-order valence-electron chi connectivity index (χ0n) is 21.4. The first-order chi connectivity index (χ1) is 18.2. The molecule has 6 atom stereocenters. The molecule has 6 nitrogen and oxygen atoms in total.